The molecule has 5 aromatic carbocycles. The van der Waals surface area contributed by atoms with Crippen LogP contribution in [0.25, 0.3) is 12.2 Å². The van der Waals surface area contributed by atoms with Crippen LogP contribution in [-0.4, -0.2) is 33.8 Å². The zero-order valence-electron chi connectivity index (χ0n) is 33.0. The van der Waals surface area contributed by atoms with E-state index in [1.807, 2.05) is 61.1 Å². The highest BCUT2D eigenvalue weighted by Crippen LogP contribution is 2.58. The number of benzene rings is 5. The fourth-order valence-electron chi connectivity index (χ4n) is 9.36. The van der Waals surface area contributed by atoms with Crippen LogP contribution >= 0.6 is 23.5 Å². The van der Waals surface area contributed by atoms with Crippen LogP contribution in [0.2, 0.25) is 0 Å². The molecule has 5 aromatic rings. The van der Waals surface area contributed by atoms with Crippen molar-refractivity contribution in [1.29, 1.82) is 0 Å². The minimum atomic E-state index is -1.05. The molecule has 58 heavy (non-hydrogen) atoms. The lowest BCUT2D eigenvalue weighted by Crippen LogP contribution is -2.59. The number of hydrogen-bond acceptors (Lipinski definition) is 10. The van der Waals surface area contributed by atoms with E-state index in [4.69, 9.17) is 9.47 Å². The van der Waals surface area contributed by atoms with Gasteiger partial charge in [0.1, 0.15) is 0 Å². The molecule has 4 heterocycles. The molecule has 2 atom stereocenters. The van der Waals surface area contributed by atoms with Gasteiger partial charge >= 0.3 is 11.4 Å². The Kier molecular flexibility index (Phi) is 8.76. The Labute approximate surface area is 345 Å². The standard InChI is InChI=1S/C46H42N4O6S2/c1-43(2)35-11-7-9-13-37(35)47(45(43)21-19-31-23-33(57-5)25-39(49(51)52)41(31)55-45)27-29-15-17-30(18-16-29)28-48-38-14-10-8-12-36(38)44(3,4)46(48)22-20-32-24-34(58-6)26-40(50(53)54)42(32)56-46/h7-26H,27-28H2,1-6H3. The molecule has 9 rings (SSSR count). The van der Waals surface area contributed by atoms with E-state index in [-0.39, 0.29) is 32.7 Å². The summed E-state index contributed by atoms with van der Waals surface area (Å²) in [4.78, 5) is 30.2. The molecule has 2 unspecified atom stereocenters. The molecule has 0 aromatic heterocycles. The molecule has 2 spiro atoms. The number of nitro groups is 2. The van der Waals surface area contributed by atoms with Crippen LogP contribution in [0.1, 0.15) is 61.1 Å². The molecule has 0 bridgehead atoms. The zero-order chi connectivity index (χ0) is 40.8. The Morgan fingerprint density at radius 2 is 0.966 bits per heavy atom. The van der Waals surface area contributed by atoms with Gasteiger partial charge < -0.3 is 19.3 Å². The lowest BCUT2D eigenvalue weighted by Gasteiger charge is -2.47. The molecule has 0 saturated heterocycles. The van der Waals surface area contributed by atoms with Crippen LogP contribution in [0.4, 0.5) is 22.7 Å². The van der Waals surface area contributed by atoms with Crippen LogP contribution in [-0.2, 0) is 23.9 Å². The number of anilines is 2. The van der Waals surface area contributed by atoms with Crippen LogP contribution in [0.15, 0.2) is 119 Å². The quantitative estimate of drug-likeness (QED) is 0.0853. The maximum Gasteiger partial charge on any atom is 0.312 e. The van der Waals surface area contributed by atoms with Gasteiger partial charge in [0, 0.05) is 57.5 Å². The molecule has 4 aliphatic rings. The predicted octanol–water partition coefficient (Wildman–Crippen LogP) is 11.1. The molecule has 4 aliphatic heterocycles. The highest BCUT2D eigenvalue weighted by Gasteiger charge is 2.61. The van der Waals surface area contributed by atoms with Crippen molar-refractivity contribution in [2.24, 2.45) is 0 Å². The number of para-hydroxylation sites is 2. The van der Waals surface area contributed by atoms with E-state index in [2.05, 4.69) is 98.2 Å². The van der Waals surface area contributed by atoms with Crippen molar-refractivity contribution >= 4 is 58.4 Å². The molecule has 0 aliphatic carbocycles. The molecule has 0 amide bonds. The molecule has 294 valence electrons. The van der Waals surface area contributed by atoms with Crippen molar-refractivity contribution in [3.05, 3.63) is 163 Å². The highest BCUT2D eigenvalue weighted by atomic mass is 32.2. The van der Waals surface area contributed by atoms with E-state index in [0.29, 0.717) is 24.2 Å². The van der Waals surface area contributed by atoms with Gasteiger partial charge in [-0.05, 0) is 111 Å². The summed E-state index contributed by atoms with van der Waals surface area (Å²) in [5, 5.41) is 24.8. The van der Waals surface area contributed by atoms with Crippen molar-refractivity contribution in [1.82, 2.24) is 0 Å². The third-order valence-electron chi connectivity index (χ3n) is 12.5. The Bertz CT molecular complexity index is 2430. The second-order valence-electron chi connectivity index (χ2n) is 16.2. The van der Waals surface area contributed by atoms with Gasteiger partial charge in [-0.1, -0.05) is 60.7 Å². The SMILES string of the molecule is CSc1cc2c(c([N+](=O)[O-])c1)OC1(C=C2)N(Cc2ccc(CN3c4ccccc4C(C)(C)C34C=Cc3cc(SC)cc([N+](=O)[O-])c3O4)cc2)c2ccccc2C1(C)C. The van der Waals surface area contributed by atoms with Crippen LogP contribution in [0, 0.1) is 20.2 Å². The van der Waals surface area contributed by atoms with E-state index < -0.39 is 22.3 Å². The second kappa shape index (κ2) is 13.4. The average molecular weight is 811 g/mol. The van der Waals surface area contributed by atoms with Crippen LogP contribution in [0.5, 0.6) is 11.5 Å². The van der Waals surface area contributed by atoms with Crippen molar-refractivity contribution in [3.8, 4) is 11.5 Å². The van der Waals surface area contributed by atoms with Gasteiger partial charge in [0.05, 0.1) is 20.7 Å². The van der Waals surface area contributed by atoms with Gasteiger partial charge in [-0.15, -0.1) is 23.5 Å². The number of nitrogens with zero attached hydrogens (tertiary/aromatic N) is 4. The summed E-state index contributed by atoms with van der Waals surface area (Å²) < 4.78 is 13.9. The monoisotopic (exact) mass is 810 g/mol. The zero-order valence-corrected chi connectivity index (χ0v) is 34.6. The Hall–Kier alpha value is -5.72. The summed E-state index contributed by atoms with van der Waals surface area (Å²) >= 11 is 2.92. The van der Waals surface area contributed by atoms with Crippen molar-refractivity contribution < 1.29 is 19.3 Å². The molecule has 0 saturated carbocycles. The number of nitro benzene ring substituents is 2. The maximum atomic E-state index is 12.4. The smallest absolute Gasteiger partial charge is 0.312 e. The number of fused-ring (bicyclic) bond motifs is 4. The first-order chi connectivity index (χ1) is 27.7. The van der Waals surface area contributed by atoms with Crippen molar-refractivity contribution in [3.63, 3.8) is 0 Å². The van der Waals surface area contributed by atoms with Gasteiger partial charge in [0.15, 0.2) is 0 Å². The number of ether oxygens (including phenoxy) is 2. The van der Waals surface area contributed by atoms with E-state index in [1.165, 1.54) is 23.5 Å². The lowest BCUT2D eigenvalue weighted by molar-refractivity contribution is -0.386. The molecular formula is C46H42N4O6S2. The van der Waals surface area contributed by atoms with E-state index in [9.17, 15) is 20.2 Å². The largest absolute Gasteiger partial charge is 0.456 e. The molecule has 0 radical (unpaired) electrons. The summed E-state index contributed by atoms with van der Waals surface area (Å²) in [6.45, 7) is 9.49. The number of thioether (sulfide) groups is 2. The molecule has 0 fully saturated rings. The van der Waals surface area contributed by atoms with Gasteiger partial charge in [-0.3, -0.25) is 20.2 Å². The van der Waals surface area contributed by atoms with Crippen LogP contribution < -0.4 is 19.3 Å². The minimum absolute atomic E-state index is 0.0503. The summed E-state index contributed by atoms with van der Waals surface area (Å²) in [7, 11) is 0. The van der Waals surface area contributed by atoms with E-state index >= 15 is 0 Å². The fourth-order valence-corrected chi connectivity index (χ4v) is 10.3. The fraction of sp³-hybridized carbons (Fsp3) is 0.261. The second-order valence-corrected chi connectivity index (χ2v) is 17.9. The van der Waals surface area contributed by atoms with Gasteiger partial charge in [0.25, 0.3) is 0 Å². The lowest BCUT2D eigenvalue weighted by atomic mass is 9.76. The summed E-state index contributed by atoms with van der Waals surface area (Å²) in [5.41, 5.74) is 4.28. The molecule has 10 nitrogen and oxygen atoms in total. The number of rotatable bonds is 8. The van der Waals surface area contributed by atoms with Gasteiger partial charge in [-0.25, -0.2) is 0 Å². The summed E-state index contributed by atoms with van der Waals surface area (Å²) in [6.07, 6.45) is 11.9. The van der Waals surface area contributed by atoms with Gasteiger partial charge in [0.2, 0.25) is 22.9 Å². The first kappa shape index (κ1) is 37.8. The van der Waals surface area contributed by atoms with E-state index in [1.54, 1.807) is 12.1 Å². The minimum Gasteiger partial charge on any atom is -0.456 e. The topological polar surface area (TPSA) is 111 Å². The first-order valence-corrected chi connectivity index (χ1v) is 21.5. The Morgan fingerprint density at radius 1 is 0.586 bits per heavy atom. The molecule has 0 N–H and O–H groups in total. The highest BCUT2D eigenvalue weighted by molar-refractivity contribution is 7.98. The first-order valence-electron chi connectivity index (χ1n) is 19.1. The number of hydrogen-bond donors (Lipinski definition) is 0. The maximum absolute atomic E-state index is 12.4. The predicted molar refractivity (Wildman–Crippen MR) is 232 cm³/mol. The summed E-state index contributed by atoms with van der Waals surface area (Å²) in [5.74, 6) is 0.539. The average Bonchev–Trinajstić information content (AvgIpc) is 3.51. The molecular weight excluding hydrogens is 769 g/mol. The van der Waals surface area contributed by atoms with Crippen molar-refractivity contribution in [2.75, 3.05) is 22.3 Å². The Balaban J connectivity index is 1.07. The Morgan fingerprint density at radius 3 is 1.33 bits per heavy atom. The van der Waals surface area contributed by atoms with Crippen LogP contribution in [0.3, 0.4) is 0 Å². The van der Waals surface area contributed by atoms with Gasteiger partial charge in [-0.2, -0.15) is 0 Å². The summed E-state index contributed by atoms with van der Waals surface area (Å²) in [6, 6.07) is 32.0. The van der Waals surface area contributed by atoms with Crippen molar-refractivity contribution in [2.45, 2.75) is 72.9 Å². The normalized spacial score (nSPS) is 21.3. The van der Waals surface area contributed by atoms with E-state index in [0.717, 1.165) is 43.4 Å². The molecule has 12 heteroatoms. The third kappa shape index (κ3) is 5.41. The third-order valence-corrected chi connectivity index (χ3v) is 13.9.